The molecule has 0 aliphatic heterocycles. The van der Waals surface area contributed by atoms with E-state index in [9.17, 15) is 0 Å². The second kappa shape index (κ2) is 9.09. The number of rotatable bonds is 9. The Balaban J connectivity index is 1.98. The Bertz CT molecular complexity index is 264. The lowest BCUT2D eigenvalue weighted by Crippen LogP contribution is -1.99. The van der Waals surface area contributed by atoms with Crippen LogP contribution >= 0.6 is 0 Å². The molecule has 17 heavy (non-hydrogen) atoms. The standard InChI is InChI=1S/C16H26O/c1-3-15(4-2)11-7-6-10-14-17-16-12-8-5-9-13-16/h5,8-9,12-13,15H,3-4,6-7,10-11,14H2,1-2H3. The molecule has 0 saturated heterocycles. The number of ether oxygens (including phenoxy) is 1. The highest BCUT2D eigenvalue weighted by Gasteiger charge is 2.02. The van der Waals surface area contributed by atoms with Crippen molar-refractivity contribution in [2.75, 3.05) is 6.61 Å². The van der Waals surface area contributed by atoms with Crippen LogP contribution < -0.4 is 4.74 Å². The molecule has 0 bridgehead atoms. The number of hydrogen-bond donors (Lipinski definition) is 0. The van der Waals surface area contributed by atoms with Crippen molar-refractivity contribution in [2.45, 2.75) is 52.4 Å². The predicted octanol–water partition coefficient (Wildman–Crippen LogP) is 5.06. The van der Waals surface area contributed by atoms with Crippen molar-refractivity contribution in [3.8, 4) is 5.75 Å². The second-order valence-electron chi connectivity index (χ2n) is 4.69. The molecule has 0 aliphatic carbocycles. The summed E-state index contributed by atoms with van der Waals surface area (Å²) in [5.74, 6) is 1.93. The van der Waals surface area contributed by atoms with Crippen molar-refractivity contribution < 1.29 is 4.74 Å². The molecule has 0 N–H and O–H groups in total. The Morgan fingerprint density at radius 1 is 0.941 bits per heavy atom. The fraction of sp³-hybridized carbons (Fsp3) is 0.625. The minimum absolute atomic E-state index is 0.854. The molecular weight excluding hydrogens is 208 g/mol. The van der Waals surface area contributed by atoms with Gasteiger partial charge in [-0.3, -0.25) is 0 Å². The molecule has 1 aromatic carbocycles. The maximum atomic E-state index is 5.67. The molecule has 96 valence electrons. The van der Waals surface area contributed by atoms with Crippen LogP contribution in [-0.4, -0.2) is 6.61 Å². The quantitative estimate of drug-likeness (QED) is 0.542. The van der Waals surface area contributed by atoms with Crippen molar-refractivity contribution in [2.24, 2.45) is 5.92 Å². The van der Waals surface area contributed by atoms with Crippen LogP contribution in [0.1, 0.15) is 52.4 Å². The molecule has 0 saturated carbocycles. The van der Waals surface area contributed by atoms with Gasteiger partial charge < -0.3 is 4.74 Å². The number of benzene rings is 1. The van der Waals surface area contributed by atoms with Crippen LogP contribution in [0.15, 0.2) is 30.3 Å². The molecule has 0 spiro atoms. The lowest BCUT2D eigenvalue weighted by molar-refractivity contribution is 0.301. The van der Waals surface area contributed by atoms with Crippen molar-refractivity contribution in [1.29, 1.82) is 0 Å². The molecule has 1 rings (SSSR count). The SMILES string of the molecule is CCC(CC)CCCCCOc1ccccc1. The van der Waals surface area contributed by atoms with Crippen molar-refractivity contribution >= 4 is 0 Å². The summed E-state index contributed by atoms with van der Waals surface area (Å²) >= 11 is 0. The average molecular weight is 234 g/mol. The Morgan fingerprint density at radius 2 is 1.65 bits per heavy atom. The van der Waals surface area contributed by atoms with E-state index in [4.69, 9.17) is 4.74 Å². The molecule has 0 fully saturated rings. The van der Waals surface area contributed by atoms with Gasteiger partial charge in [-0.25, -0.2) is 0 Å². The Labute approximate surface area is 106 Å². The molecular formula is C16H26O. The van der Waals surface area contributed by atoms with Gasteiger partial charge in [0.15, 0.2) is 0 Å². The smallest absolute Gasteiger partial charge is 0.119 e. The van der Waals surface area contributed by atoms with E-state index in [-0.39, 0.29) is 0 Å². The van der Waals surface area contributed by atoms with Gasteiger partial charge in [0.25, 0.3) is 0 Å². The van der Waals surface area contributed by atoms with Gasteiger partial charge in [0, 0.05) is 0 Å². The summed E-state index contributed by atoms with van der Waals surface area (Å²) in [5.41, 5.74) is 0. The molecule has 0 aromatic heterocycles. The van der Waals surface area contributed by atoms with Crippen LogP contribution in [0.2, 0.25) is 0 Å². The zero-order valence-corrected chi connectivity index (χ0v) is 11.3. The summed E-state index contributed by atoms with van der Waals surface area (Å²) in [6.45, 7) is 5.45. The molecule has 0 atom stereocenters. The molecule has 0 aliphatic rings. The van der Waals surface area contributed by atoms with Crippen LogP contribution in [-0.2, 0) is 0 Å². The lowest BCUT2D eigenvalue weighted by Gasteiger charge is -2.11. The van der Waals surface area contributed by atoms with Gasteiger partial charge in [-0.15, -0.1) is 0 Å². The van der Waals surface area contributed by atoms with E-state index in [2.05, 4.69) is 13.8 Å². The number of hydrogen-bond acceptors (Lipinski definition) is 1. The average Bonchev–Trinajstić information content (AvgIpc) is 2.39. The molecule has 0 radical (unpaired) electrons. The van der Waals surface area contributed by atoms with Crippen LogP contribution in [0, 0.1) is 5.92 Å². The lowest BCUT2D eigenvalue weighted by atomic mass is 9.96. The van der Waals surface area contributed by atoms with E-state index < -0.39 is 0 Å². The summed E-state index contributed by atoms with van der Waals surface area (Å²) < 4.78 is 5.67. The number of unbranched alkanes of at least 4 members (excludes halogenated alkanes) is 2. The van der Waals surface area contributed by atoms with E-state index in [1.165, 1.54) is 38.5 Å². The second-order valence-corrected chi connectivity index (χ2v) is 4.69. The normalized spacial score (nSPS) is 10.8. The Kier molecular flexibility index (Phi) is 7.53. The fourth-order valence-corrected chi connectivity index (χ4v) is 2.12. The molecule has 0 unspecified atom stereocenters. The topological polar surface area (TPSA) is 9.23 Å². The Hall–Kier alpha value is -0.980. The van der Waals surface area contributed by atoms with Gasteiger partial charge in [0.2, 0.25) is 0 Å². The van der Waals surface area contributed by atoms with Crippen molar-refractivity contribution in [3.05, 3.63) is 30.3 Å². The summed E-state index contributed by atoms with van der Waals surface area (Å²) in [6, 6.07) is 10.1. The van der Waals surface area contributed by atoms with Gasteiger partial charge in [0.1, 0.15) is 5.75 Å². The van der Waals surface area contributed by atoms with Crippen LogP contribution in [0.25, 0.3) is 0 Å². The first-order valence-corrected chi connectivity index (χ1v) is 7.04. The molecule has 0 amide bonds. The van der Waals surface area contributed by atoms with Crippen LogP contribution in [0.4, 0.5) is 0 Å². The Morgan fingerprint density at radius 3 is 2.29 bits per heavy atom. The minimum Gasteiger partial charge on any atom is -0.494 e. The number of para-hydroxylation sites is 1. The first-order valence-electron chi connectivity index (χ1n) is 7.04. The summed E-state index contributed by atoms with van der Waals surface area (Å²) in [7, 11) is 0. The van der Waals surface area contributed by atoms with Crippen LogP contribution in [0.5, 0.6) is 5.75 Å². The van der Waals surface area contributed by atoms with Gasteiger partial charge >= 0.3 is 0 Å². The van der Waals surface area contributed by atoms with Gasteiger partial charge in [-0.05, 0) is 24.5 Å². The maximum Gasteiger partial charge on any atom is 0.119 e. The molecule has 1 nitrogen and oxygen atoms in total. The molecule has 1 aromatic rings. The van der Waals surface area contributed by atoms with E-state index in [0.717, 1.165) is 18.3 Å². The molecule has 1 heteroatoms. The minimum atomic E-state index is 0.854. The zero-order valence-electron chi connectivity index (χ0n) is 11.3. The third-order valence-electron chi connectivity index (χ3n) is 3.42. The van der Waals surface area contributed by atoms with Gasteiger partial charge in [-0.2, -0.15) is 0 Å². The summed E-state index contributed by atoms with van der Waals surface area (Å²) in [4.78, 5) is 0. The first kappa shape index (κ1) is 14.1. The highest BCUT2D eigenvalue weighted by molar-refractivity contribution is 5.20. The molecule has 0 heterocycles. The van der Waals surface area contributed by atoms with Gasteiger partial charge in [-0.1, -0.05) is 64.2 Å². The van der Waals surface area contributed by atoms with E-state index in [1.54, 1.807) is 0 Å². The first-order chi connectivity index (χ1) is 8.36. The van der Waals surface area contributed by atoms with Crippen LogP contribution in [0.3, 0.4) is 0 Å². The maximum absolute atomic E-state index is 5.67. The summed E-state index contributed by atoms with van der Waals surface area (Å²) in [6.07, 6.45) is 7.87. The zero-order chi connectivity index (χ0) is 12.3. The van der Waals surface area contributed by atoms with Gasteiger partial charge in [0.05, 0.1) is 6.61 Å². The van der Waals surface area contributed by atoms with Crippen molar-refractivity contribution in [1.82, 2.24) is 0 Å². The third kappa shape index (κ3) is 6.35. The van der Waals surface area contributed by atoms with E-state index >= 15 is 0 Å². The van der Waals surface area contributed by atoms with E-state index in [0.29, 0.717) is 0 Å². The summed E-state index contributed by atoms with van der Waals surface area (Å²) in [5, 5.41) is 0. The highest BCUT2D eigenvalue weighted by atomic mass is 16.5. The fourth-order valence-electron chi connectivity index (χ4n) is 2.12. The van der Waals surface area contributed by atoms with Crippen molar-refractivity contribution in [3.63, 3.8) is 0 Å². The van der Waals surface area contributed by atoms with E-state index in [1.807, 2.05) is 30.3 Å². The monoisotopic (exact) mass is 234 g/mol. The largest absolute Gasteiger partial charge is 0.494 e. The highest BCUT2D eigenvalue weighted by Crippen LogP contribution is 2.17. The predicted molar refractivity (Wildman–Crippen MR) is 74.5 cm³/mol. The third-order valence-corrected chi connectivity index (χ3v) is 3.42.